The first-order valence-electron chi connectivity index (χ1n) is 6.96. The summed E-state index contributed by atoms with van der Waals surface area (Å²) in [5, 5.41) is 1.05. The minimum absolute atomic E-state index is 0.629. The van der Waals surface area contributed by atoms with Gasteiger partial charge in [-0.3, -0.25) is 0 Å². The lowest BCUT2D eigenvalue weighted by molar-refractivity contribution is 0.643. The second-order valence-electron chi connectivity index (χ2n) is 5.14. The summed E-state index contributed by atoms with van der Waals surface area (Å²) in [5.41, 5.74) is 4.23. The van der Waals surface area contributed by atoms with E-state index in [1.165, 1.54) is 36.0 Å². The van der Waals surface area contributed by atoms with E-state index in [1.54, 1.807) is 0 Å². The summed E-state index contributed by atoms with van der Waals surface area (Å²) >= 11 is 3.66. The van der Waals surface area contributed by atoms with E-state index in [2.05, 4.69) is 77.5 Å². The Kier molecular flexibility index (Phi) is 5.65. The van der Waals surface area contributed by atoms with Crippen LogP contribution in [0.1, 0.15) is 35.4 Å². The molecule has 19 heavy (non-hydrogen) atoms. The van der Waals surface area contributed by atoms with Crippen LogP contribution in [0, 0.1) is 6.92 Å². The highest BCUT2D eigenvalue weighted by Crippen LogP contribution is 2.24. The molecule has 0 saturated heterocycles. The number of aryl methyl sites for hydroxylation is 2. The molecule has 0 aromatic heterocycles. The van der Waals surface area contributed by atoms with Gasteiger partial charge in [0.05, 0.1) is 0 Å². The second-order valence-corrected chi connectivity index (χ2v) is 5.79. The fourth-order valence-corrected chi connectivity index (χ4v) is 3.07. The third-order valence-corrected chi connectivity index (χ3v) is 4.38. The summed E-state index contributed by atoms with van der Waals surface area (Å²) in [6.07, 6.45) is 3.66. The first kappa shape index (κ1) is 14.3. The predicted molar refractivity (Wildman–Crippen MR) is 87.1 cm³/mol. The Morgan fingerprint density at radius 2 is 1.63 bits per heavy atom. The van der Waals surface area contributed by atoms with Gasteiger partial charge in [0.15, 0.2) is 0 Å². The quantitative estimate of drug-likeness (QED) is 0.617. The fourth-order valence-electron chi connectivity index (χ4n) is 2.37. The summed E-state index contributed by atoms with van der Waals surface area (Å²) in [6, 6.07) is 19.7. The van der Waals surface area contributed by atoms with Gasteiger partial charge < -0.3 is 0 Å². The number of hydrogen-bond acceptors (Lipinski definition) is 0. The van der Waals surface area contributed by atoms with Crippen molar-refractivity contribution in [2.45, 2.75) is 32.1 Å². The average molecular weight is 317 g/mol. The van der Waals surface area contributed by atoms with Crippen molar-refractivity contribution < 1.29 is 0 Å². The normalized spacial score (nSPS) is 12.3. The molecule has 0 nitrogen and oxygen atoms in total. The highest BCUT2D eigenvalue weighted by Gasteiger charge is 2.09. The van der Waals surface area contributed by atoms with Gasteiger partial charge in [0.25, 0.3) is 0 Å². The molecule has 0 bridgehead atoms. The third kappa shape index (κ3) is 4.50. The molecule has 2 rings (SSSR count). The predicted octanol–water partition coefficient (Wildman–Crippen LogP) is 5.50. The molecule has 1 unspecified atom stereocenters. The molecule has 0 amide bonds. The lowest BCUT2D eigenvalue weighted by atomic mass is 9.94. The summed E-state index contributed by atoms with van der Waals surface area (Å²) in [5.74, 6) is 0.629. The topological polar surface area (TPSA) is 0 Å². The van der Waals surface area contributed by atoms with Crippen molar-refractivity contribution in [3.05, 3.63) is 71.3 Å². The summed E-state index contributed by atoms with van der Waals surface area (Å²) < 4.78 is 0. The van der Waals surface area contributed by atoms with Crippen LogP contribution >= 0.6 is 15.9 Å². The monoisotopic (exact) mass is 316 g/mol. The maximum atomic E-state index is 3.66. The molecule has 0 aliphatic heterocycles. The Morgan fingerprint density at radius 3 is 2.26 bits per heavy atom. The molecule has 0 spiro atoms. The van der Waals surface area contributed by atoms with Crippen LogP contribution < -0.4 is 0 Å². The molecule has 2 aromatic rings. The summed E-state index contributed by atoms with van der Waals surface area (Å²) in [6.45, 7) is 2.14. The third-order valence-electron chi connectivity index (χ3n) is 3.60. The molecule has 0 fully saturated rings. The van der Waals surface area contributed by atoms with Crippen LogP contribution in [0.25, 0.3) is 0 Å². The van der Waals surface area contributed by atoms with Crippen molar-refractivity contribution in [3.8, 4) is 0 Å². The van der Waals surface area contributed by atoms with Crippen LogP contribution in [0.5, 0.6) is 0 Å². The highest BCUT2D eigenvalue weighted by atomic mass is 79.9. The Hall–Kier alpha value is -1.08. The van der Waals surface area contributed by atoms with Gasteiger partial charge in [-0.05, 0) is 43.2 Å². The van der Waals surface area contributed by atoms with Gasteiger partial charge in [-0.15, -0.1) is 0 Å². The van der Waals surface area contributed by atoms with Crippen LogP contribution in [0.2, 0.25) is 0 Å². The van der Waals surface area contributed by atoms with Crippen molar-refractivity contribution in [3.63, 3.8) is 0 Å². The molecular formula is C18H21Br. The van der Waals surface area contributed by atoms with Gasteiger partial charge in [0, 0.05) is 5.33 Å². The maximum absolute atomic E-state index is 3.66. The molecule has 0 aliphatic carbocycles. The first-order chi connectivity index (χ1) is 9.29. The smallest absolute Gasteiger partial charge is 0.0100 e. The Labute approximate surface area is 125 Å². The van der Waals surface area contributed by atoms with Gasteiger partial charge in [-0.2, -0.15) is 0 Å². The molecule has 1 atom stereocenters. The van der Waals surface area contributed by atoms with Crippen LogP contribution in [0.3, 0.4) is 0 Å². The summed E-state index contributed by atoms with van der Waals surface area (Å²) in [4.78, 5) is 0. The molecule has 0 radical (unpaired) electrons. The van der Waals surface area contributed by atoms with Crippen molar-refractivity contribution in [2.24, 2.45) is 0 Å². The second kappa shape index (κ2) is 7.49. The molecule has 0 saturated carbocycles. The van der Waals surface area contributed by atoms with Crippen molar-refractivity contribution in [1.29, 1.82) is 0 Å². The van der Waals surface area contributed by atoms with Gasteiger partial charge in [0.1, 0.15) is 0 Å². The zero-order valence-electron chi connectivity index (χ0n) is 11.5. The van der Waals surface area contributed by atoms with Gasteiger partial charge in [-0.25, -0.2) is 0 Å². The number of halogens is 1. The number of alkyl halides is 1. The Balaban J connectivity index is 1.87. The largest absolute Gasteiger partial charge is 0.0921 e. The molecule has 0 N–H and O–H groups in total. The van der Waals surface area contributed by atoms with E-state index in [0.717, 1.165) is 5.33 Å². The lowest BCUT2D eigenvalue weighted by Crippen LogP contribution is -2.01. The highest BCUT2D eigenvalue weighted by molar-refractivity contribution is 9.09. The van der Waals surface area contributed by atoms with Crippen LogP contribution in [-0.2, 0) is 6.42 Å². The van der Waals surface area contributed by atoms with Crippen molar-refractivity contribution in [2.75, 3.05) is 5.33 Å². The number of hydrogen-bond donors (Lipinski definition) is 0. The van der Waals surface area contributed by atoms with E-state index in [9.17, 15) is 0 Å². The minimum Gasteiger partial charge on any atom is -0.0921 e. The molecule has 1 heteroatoms. The molecule has 100 valence electrons. The van der Waals surface area contributed by atoms with Gasteiger partial charge in [0.2, 0.25) is 0 Å². The van der Waals surface area contributed by atoms with Gasteiger partial charge >= 0.3 is 0 Å². The fraction of sp³-hybridized carbons (Fsp3) is 0.333. The van der Waals surface area contributed by atoms with E-state index in [1.807, 2.05) is 0 Å². The van der Waals surface area contributed by atoms with E-state index in [0.29, 0.717) is 5.92 Å². The summed E-state index contributed by atoms with van der Waals surface area (Å²) in [7, 11) is 0. The van der Waals surface area contributed by atoms with Crippen LogP contribution in [0.15, 0.2) is 54.6 Å². The standard InChI is InChI=1S/C18H21Br/c1-15-10-12-17(13-11-15)18(14-19)9-5-8-16-6-3-2-4-7-16/h2-4,6-7,10-13,18H,5,8-9,14H2,1H3. The average Bonchev–Trinajstić information content (AvgIpc) is 2.46. The van der Waals surface area contributed by atoms with E-state index < -0.39 is 0 Å². The number of rotatable bonds is 6. The van der Waals surface area contributed by atoms with Crippen LogP contribution in [0.4, 0.5) is 0 Å². The van der Waals surface area contributed by atoms with E-state index in [4.69, 9.17) is 0 Å². The molecule has 2 aromatic carbocycles. The Bertz CT molecular complexity index is 473. The minimum atomic E-state index is 0.629. The maximum Gasteiger partial charge on any atom is 0.0100 e. The molecule has 0 heterocycles. The van der Waals surface area contributed by atoms with Crippen LogP contribution in [-0.4, -0.2) is 5.33 Å². The zero-order chi connectivity index (χ0) is 13.5. The zero-order valence-corrected chi connectivity index (χ0v) is 13.1. The molecule has 0 aliphatic rings. The van der Waals surface area contributed by atoms with E-state index >= 15 is 0 Å². The first-order valence-corrected chi connectivity index (χ1v) is 8.08. The van der Waals surface area contributed by atoms with Crippen molar-refractivity contribution in [1.82, 2.24) is 0 Å². The van der Waals surface area contributed by atoms with E-state index in [-0.39, 0.29) is 0 Å². The molecular weight excluding hydrogens is 296 g/mol. The lowest BCUT2D eigenvalue weighted by Gasteiger charge is -2.14. The number of benzene rings is 2. The van der Waals surface area contributed by atoms with Crippen molar-refractivity contribution >= 4 is 15.9 Å². The SMILES string of the molecule is Cc1ccc(C(CBr)CCCc2ccccc2)cc1. The Morgan fingerprint density at radius 1 is 0.947 bits per heavy atom. The van der Waals surface area contributed by atoms with Gasteiger partial charge in [-0.1, -0.05) is 76.1 Å².